The van der Waals surface area contributed by atoms with Crippen molar-refractivity contribution in [3.05, 3.63) is 182 Å². The minimum absolute atomic E-state index is 0.653. The molecule has 4 heteroatoms. The van der Waals surface area contributed by atoms with Crippen molar-refractivity contribution >= 4 is 65.3 Å². The second kappa shape index (κ2) is 11.2. The number of fused-ring (bicyclic) bond motifs is 9. The summed E-state index contributed by atoms with van der Waals surface area (Å²) < 4.78 is 4.64. The molecule has 4 nitrogen and oxygen atoms in total. The summed E-state index contributed by atoms with van der Waals surface area (Å²) in [6, 6.07) is 64.8. The van der Waals surface area contributed by atoms with E-state index in [0.717, 1.165) is 44.4 Å². The number of hydrogen-bond donors (Lipinski definition) is 0. The highest BCUT2D eigenvalue weighted by atomic mass is 15.2. The molecule has 242 valence electrons. The average Bonchev–Trinajstić information content (AvgIpc) is 3.73. The summed E-state index contributed by atoms with van der Waals surface area (Å²) in [5, 5.41) is 8.24. The molecule has 11 rings (SSSR count). The molecule has 0 fully saturated rings. The quantitative estimate of drug-likeness (QED) is 0.188. The third kappa shape index (κ3) is 4.28. The molecule has 0 radical (unpaired) electrons. The molecule has 52 heavy (non-hydrogen) atoms. The summed E-state index contributed by atoms with van der Waals surface area (Å²) in [6.07, 6.45) is 0. The SMILES string of the molecule is c1ccc(-c2ccc3nc(-n4c5ccccc5c5c6c7ccccc7n(-c7ccccc7)c6ccc54)nc(-c4ccc5ccccc5c4)c3c2)cc1. The maximum absolute atomic E-state index is 5.50. The van der Waals surface area contributed by atoms with Gasteiger partial charge >= 0.3 is 0 Å². The van der Waals surface area contributed by atoms with Gasteiger partial charge in [0.25, 0.3) is 0 Å². The van der Waals surface area contributed by atoms with Gasteiger partial charge in [-0.25, -0.2) is 9.97 Å². The van der Waals surface area contributed by atoms with Gasteiger partial charge in [-0.15, -0.1) is 0 Å². The van der Waals surface area contributed by atoms with E-state index in [9.17, 15) is 0 Å². The molecule has 0 amide bonds. The van der Waals surface area contributed by atoms with Crippen LogP contribution in [-0.4, -0.2) is 19.1 Å². The van der Waals surface area contributed by atoms with Crippen molar-refractivity contribution in [3.8, 4) is 34.0 Å². The van der Waals surface area contributed by atoms with Gasteiger partial charge in [0.1, 0.15) is 0 Å². The maximum Gasteiger partial charge on any atom is 0.235 e. The van der Waals surface area contributed by atoms with Gasteiger partial charge in [-0.05, 0) is 76.5 Å². The largest absolute Gasteiger partial charge is 0.309 e. The predicted octanol–water partition coefficient (Wildman–Crippen LogP) is 12.3. The lowest BCUT2D eigenvalue weighted by Gasteiger charge is -2.13. The van der Waals surface area contributed by atoms with E-state index in [2.05, 4.69) is 191 Å². The van der Waals surface area contributed by atoms with Crippen molar-refractivity contribution in [1.29, 1.82) is 0 Å². The number of hydrogen-bond acceptors (Lipinski definition) is 2. The van der Waals surface area contributed by atoms with Crippen LogP contribution in [0.5, 0.6) is 0 Å². The fraction of sp³-hybridized carbons (Fsp3) is 0. The van der Waals surface area contributed by atoms with Crippen molar-refractivity contribution in [2.24, 2.45) is 0 Å². The smallest absolute Gasteiger partial charge is 0.235 e. The predicted molar refractivity (Wildman–Crippen MR) is 217 cm³/mol. The Hall–Kier alpha value is -7.04. The molecule has 0 spiro atoms. The molecule has 0 unspecified atom stereocenters. The highest BCUT2D eigenvalue weighted by Gasteiger charge is 2.22. The normalized spacial score (nSPS) is 11.8. The van der Waals surface area contributed by atoms with Gasteiger partial charge in [-0.3, -0.25) is 4.57 Å². The minimum Gasteiger partial charge on any atom is -0.309 e. The molecule has 0 atom stereocenters. The summed E-state index contributed by atoms with van der Waals surface area (Å²) in [5.41, 5.74) is 10.8. The van der Waals surface area contributed by atoms with Gasteiger partial charge in [0.15, 0.2) is 0 Å². The van der Waals surface area contributed by atoms with E-state index in [4.69, 9.17) is 9.97 Å². The lowest BCUT2D eigenvalue weighted by Crippen LogP contribution is -2.03. The Kier molecular flexibility index (Phi) is 6.22. The topological polar surface area (TPSA) is 35.6 Å². The summed E-state index contributed by atoms with van der Waals surface area (Å²) in [5.74, 6) is 0.653. The molecular formula is C48H30N4. The zero-order chi connectivity index (χ0) is 34.2. The lowest BCUT2D eigenvalue weighted by atomic mass is 9.99. The molecule has 0 aliphatic rings. The van der Waals surface area contributed by atoms with Crippen molar-refractivity contribution < 1.29 is 0 Å². The van der Waals surface area contributed by atoms with Crippen molar-refractivity contribution in [1.82, 2.24) is 19.1 Å². The monoisotopic (exact) mass is 662 g/mol. The molecule has 11 aromatic rings. The average molecular weight is 663 g/mol. The Morgan fingerprint density at radius 1 is 0.346 bits per heavy atom. The van der Waals surface area contributed by atoms with Crippen molar-refractivity contribution in [2.75, 3.05) is 0 Å². The van der Waals surface area contributed by atoms with E-state index in [-0.39, 0.29) is 0 Å². The number of benzene rings is 8. The van der Waals surface area contributed by atoms with E-state index >= 15 is 0 Å². The van der Waals surface area contributed by atoms with E-state index in [1.165, 1.54) is 48.9 Å². The Morgan fingerprint density at radius 3 is 1.69 bits per heavy atom. The first kappa shape index (κ1) is 28.8. The first-order chi connectivity index (χ1) is 25.8. The molecule has 0 saturated heterocycles. The third-order valence-electron chi connectivity index (χ3n) is 10.5. The van der Waals surface area contributed by atoms with Crippen molar-refractivity contribution in [3.63, 3.8) is 0 Å². The van der Waals surface area contributed by atoms with Gasteiger partial charge in [0, 0.05) is 38.2 Å². The summed E-state index contributed by atoms with van der Waals surface area (Å²) in [7, 11) is 0. The van der Waals surface area contributed by atoms with Crippen LogP contribution in [0.15, 0.2) is 182 Å². The van der Waals surface area contributed by atoms with Gasteiger partial charge < -0.3 is 4.57 Å². The number of aromatic nitrogens is 4. The van der Waals surface area contributed by atoms with Crippen LogP contribution in [-0.2, 0) is 0 Å². The zero-order valence-corrected chi connectivity index (χ0v) is 28.1. The van der Waals surface area contributed by atoms with Crippen LogP contribution in [0.1, 0.15) is 0 Å². The Balaban J connectivity index is 1.24. The molecule has 8 aromatic carbocycles. The molecule has 0 N–H and O–H groups in total. The van der Waals surface area contributed by atoms with Crippen molar-refractivity contribution in [2.45, 2.75) is 0 Å². The molecule has 0 bridgehead atoms. The van der Waals surface area contributed by atoms with Gasteiger partial charge in [-0.1, -0.05) is 127 Å². The second-order valence-corrected chi connectivity index (χ2v) is 13.4. The summed E-state index contributed by atoms with van der Waals surface area (Å²) in [4.78, 5) is 10.8. The van der Waals surface area contributed by atoms with Crippen LogP contribution >= 0.6 is 0 Å². The molecule has 0 aliphatic heterocycles. The molecule has 3 aromatic heterocycles. The highest BCUT2D eigenvalue weighted by Crippen LogP contribution is 2.42. The molecule has 0 aliphatic carbocycles. The first-order valence-electron chi connectivity index (χ1n) is 17.7. The van der Waals surface area contributed by atoms with E-state index < -0.39 is 0 Å². The first-order valence-corrected chi connectivity index (χ1v) is 17.7. The van der Waals surface area contributed by atoms with Crippen LogP contribution in [0, 0.1) is 0 Å². The standard InChI is InChI=1S/C48H30N4/c1-3-13-31(14-4-1)34-25-26-40-39(30-34)47(35-24-23-32-15-7-8-16-33(32)29-35)50-48(49-40)52-42-22-12-10-20-38(42)46-44(52)28-27-43-45(46)37-19-9-11-21-41(37)51(43)36-17-5-2-6-18-36/h1-30H. The number of rotatable bonds is 4. The highest BCUT2D eigenvalue weighted by molar-refractivity contribution is 6.28. The van der Waals surface area contributed by atoms with Crippen LogP contribution in [0.3, 0.4) is 0 Å². The molecule has 0 saturated carbocycles. The Morgan fingerprint density at radius 2 is 0.942 bits per heavy atom. The molecule has 3 heterocycles. The Labute approximate surface area is 299 Å². The fourth-order valence-corrected chi connectivity index (χ4v) is 8.17. The van der Waals surface area contributed by atoms with E-state index in [1.54, 1.807) is 0 Å². The lowest BCUT2D eigenvalue weighted by molar-refractivity contribution is 1.01. The van der Waals surface area contributed by atoms with Gasteiger partial charge in [0.05, 0.1) is 33.3 Å². The molecular weight excluding hydrogens is 633 g/mol. The van der Waals surface area contributed by atoms with Crippen LogP contribution in [0.4, 0.5) is 0 Å². The summed E-state index contributed by atoms with van der Waals surface area (Å²) >= 11 is 0. The zero-order valence-electron chi connectivity index (χ0n) is 28.1. The van der Waals surface area contributed by atoms with Gasteiger partial charge in [0.2, 0.25) is 5.95 Å². The van der Waals surface area contributed by atoms with Crippen LogP contribution in [0.2, 0.25) is 0 Å². The van der Waals surface area contributed by atoms with Gasteiger partial charge in [-0.2, -0.15) is 0 Å². The maximum atomic E-state index is 5.50. The van der Waals surface area contributed by atoms with Crippen LogP contribution < -0.4 is 0 Å². The van der Waals surface area contributed by atoms with E-state index in [0.29, 0.717) is 5.95 Å². The Bertz CT molecular complexity index is 3170. The summed E-state index contributed by atoms with van der Waals surface area (Å²) in [6.45, 7) is 0. The second-order valence-electron chi connectivity index (χ2n) is 13.4. The van der Waals surface area contributed by atoms with Crippen LogP contribution in [0.25, 0.3) is 99.3 Å². The minimum atomic E-state index is 0.653. The number of nitrogens with zero attached hydrogens (tertiary/aromatic N) is 4. The fourth-order valence-electron chi connectivity index (χ4n) is 8.17. The third-order valence-corrected chi connectivity index (χ3v) is 10.5. The van der Waals surface area contributed by atoms with E-state index in [1.807, 2.05) is 0 Å². The number of para-hydroxylation sites is 3.